The van der Waals surface area contributed by atoms with Gasteiger partial charge in [-0.15, -0.1) is 0 Å². The van der Waals surface area contributed by atoms with Crippen LogP contribution >= 0.6 is 0 Å². The number of quaternary nitrogens is 1. The molecule has 0 saturated carbocycles. The van der Waals surface area contributed by atoms with E-state index in [9.17, 15) is 0 Å². The van der Waals surface area contributed by atoms with Crippen molar-refractivity contribution in [3.8, 4) is 0 Å². The first-order chi connectivity index (χ1) is 6.16. The van der Waals surface area contributed by atoms with Crippen molar-refractivity contribution >= 4 is 0 Å². The maximum absolute atomic E-state index is 2.31. The normalized spacial score (nSPS) is 27.2. The topological polar surface area (TPSA) is 3.24 Å². The highest BCUT2D eigenvalue weighted by Gasteiger charge is 2.24. The summed E-state index contributed by atoms with van der Waals surface area (Å²) in [6.07, 6.45) is 9.98. The van der Waals surface area contributed by atoms with E-state index in [0.717, 1.165) is 11.2 Å². The maximum Gasteiger partial charge on any atom is 0.158 e. The molecule has 0 bridgehead atoms. The molecular weight excluding hydrogens is 160 g/mol. The van der Waals surface area contributed by atoms with Crippen LogP contribution in [0.15, 0.2) is 12.4 Å². The molecule has 2 heteroatoms. The quantitative estimate of drug-likeness (QED) is 0.467. The van der Waals surface area contributed by atoms with Crippen LogP contribution in [0.5, 0.6) is 0 Å². The van der Waals surface area contributed by atoms with E-state index in [4.69, 9.17) is 0 Å². The van der Waals surface area contributed by atoms with Crippen LogP contribution in [0.25, 0.3) is 0 Å². The van der Waals surface area contributed by atoms with Crippen LogP contribution in [0, 0.1) is 0 Å². The van der Waals surface area contributed by atoms with Crippen molar-refractivity contribution in [2.45, 2.75) is 32.6 Å². The van der Waals surface area contributed by atoms with Gasteiger partial charge < -0.3 is 4.90 Å². The first kappa shape index (κ1) is 10.6. The summed E-state index contributed by atoms with van der Waals surface area (Å²) >= 11 is 0. The van der Waals surface area contributed by atoms with Crippen LogP contribution in [0.2, 0.25) is 0 Å². The Morgan fingerprint density at radius 3 is 2.62 bits per heavy atom. The van der Waals surface area contributed by atoms with Gasteiger partial charge >= 0.3 is 0 Å². The lowest BCUT2D eigenvalue weighted by molar-refractivity contribution is -0.861. The summed E-state index contributed by atoms with van der Waals surface area (Å²) in [5, 5.41) is 0. The second-order valence-corrected chi connectivity index (χ2v) is 4.46. The Bertz CT molecular complexity index is 177. The molecule has 1 aliphatic heterocycles. The van der Waals surface area contributed by atoms with E-state index < -0.39 is 0 Å². The SMILES string of the molecule is CCCCCC[N+]1(C)C=CN(C)C1. The summed E-state index contributed by atoms with van der Waals surface area (Å²) in [7, 11) is 4.46. The average Bonchev–Trinajstić information content (AvgIpc) is 2.41. The molecule has 1 unspecified atom stereocenters. The molecule has 0 fully saturated rings. The maximum atomic E-state index is 2.31. The Labute approximate surface area is 82.4 Å². The minimum absolute atomic E-state index is 1.10. The minimum Gasteiger partial charge on any atom is -0.329 e. The number of rotatable bonds is 5. The molecule has 1 rings (SSSR count). The summed E-state index contributed by atoms with van der Waals surface area (Å²) in [5.41, 5.74) is 0. The van der Waals surface area contributed by atoms with E-state index in [1.54, 1.807) is 0 Å². The van der Waals surface area contributed by atoms with Gasteiger partial charge in [0, 0.05) is 7.05 Å². The lowest BCUT2D eigenvalue weighted by Gasteiger charge is -2.27. The monoisotopic (exact) mass is 183 g/mol. The van der Waals surface area contributed by atoms with Crippen molar-refractivity contribution in [2.75, 3.05) is 27.3 Å². The second kappa shape index (κ2) is 4.66. The van der Waals surface area contributed by atoms with E-state index in [-0.39, 0.29) is 0 Å². The van der Waals surface area contributed by atoms with Gasteiger partial charge in [0.2, 0.25) is 0 Å². The largest absolute Gasteiger partial charge is 0.329 e. The molecule has 76 valence electrons. The van der Waals surface area contributed by atoms with Gasteiger partial charge in [-0.1, -0.05) is 19.8 Å². The van der Waals surface area contributed by atoms with Gasteiger partial charge in [0.15, 0.2) is 6.67 Å². The fourth-order valence-electron chi connectivity index (χ4n) is 1.92. The minimum atomic E-state index is 1.10. The highest BCUT2D eigenvalue weighted by Crippen LogP contribution is 2.15. The fraction of sp³-hybridized carbons (Fsp3) is 0.818. The number of unbranched alkanes of at least 4 members (excludes halogenated alkanes) is 3. The molecule has 0 aromatic rings. The molecule has 1 aliphatic rings. The van der Waals surface area contributed by atoms with E-state index in [1.165, 1.54) is 32.2 Å². The van der Waals surface area contributed by atoms with Crippen LogP contribution in [-0.4, -0.2) is 36.7 Å². The van der Waals surface area contributed by atoms with Gasteiger partial charge in [0.05, 0.1) is 19.8 Å². The average molecular weight is 183 g/mol. The Morgan fingerprint density at radius 2 is 2.08 bits per heavy atom. The predicted octanol–water partition coefficient (Wildman–Crippen LogP) is 2.39. The molecule has 0 spiro atoms. The standard InChI is InChI=1S/C11H23N2/c1-4-5-6-7-9-13(3)10-8-12(2)11-13/h8,10H,4-7,9,11H2,1-3H3/q+1. The molecule has 0 saturated heterocycles. The Balaban J connectivity index is 2.17. The Kier molecular flexibility index (Phi) is 3.79. The molecule has 0 aromatic carbocycles. The third-order valence-corrected chi connectivity index (χ3v) is 2.75. The predicted molar refractivity (Wildman–Crippen MR) is 57.0 cm³/mol. The first-order valence-electron chi connectivity index (χ1n) is 5.40. The van der Waals surface area contributed by atoms with Gasteiger partial charge in [-0.25, -0.2) is 0 Å². The van der Waals surface area contributed by atoms with Gasteiger partial charge in [0.1, 0.15) is 6.20 Å². The van der Waals surface area contributed by atoms with Crippen LogP contribution in [0.1, 0.15) is 32.6 Å². The smallest absolute Gasteiger partial charge is 0.158 e. The Morgan fingerprint density at radius 1 is 1.31 bits per heavy atom. The number of nitrogens with zero attached hydrogens (tertiary/aromatic N) is 2. The van der Waals surface area contributed by atoms with Crippen molar-refractivity contribution in [1.29, 1.82) is 0 Å². The molecule has 13 heavy (non-hydrogen) atoms. The summed E-state index contributed by atoms with van der Waals surface area (Å²) in [5.74, 6) is 0. The van der Waals surface area contributed by atoms with Crippen LogP contribution in [0.3, 0.4) is 0 Å². The van der Waals surface area contributed by atoms with Crippen molar-refractivity contribution in [3.63, 3.8) is 0 Å². The van der Waals surface area contributed by atoms with E-state index in [1.807, 2.05) is 0 Å². The van der Waals surface area contributed by atoms with E-state index >= 15 is 0 Å². The zero-order valence-corrected chi connectivity index (χ0v) is 9.29. The van der Waals surface area contributed by atoms with Crippen molar-refractivity contribution in [3.05, 3.63) is 12.4 Å². The third-order valence-electron chi connectivity index (χ3n) is 2.75. The van der Waals surface area contributed by atoms with Crippen molar-refractivity contribution < 1.29 is 4.48 Å². The lowest BCUT2D eigenvalue weighted by atomic mass is 10.2. The number of hydrogen-bond donors (Lipinski definition) is 0. The molecule has 1 atom stereocenters. The first-order valence-corrected chi connectivity index (χ1v) is 5.40. The van der Waals surface area contributed by atoms with Gasteiger partial charge in [-0.2, -0.15) is 0 Å². The summed E-state index contributed by atoms with van der Waals surface area (Å²) in [6, 6.07) is 0. The van der Waals surface area contributed by atoms with Gasteiger partial charge in [-0.05, 0) is 12.8 Å². The molecule has 0 N–H and O–H groups in total. The van der Waals surface area contributed by atoms with E-state index in [0.29, 0.717) is 0 Å². The van der Waals surface area contributed by atoms with Crippen molar-refractivity contribution in [2.24, 2.45) is 0 Å². The molecular formula is C11H23N2+. The van der Waals surface area contributed by atoms with Gasteiger partial charge in [-0.3, -0.25) is 4.48 Å². The zero-order valence-electron chi connectivity index (χ0n) is 9.29. The van der Waals surface area contributed by atoms with Crippen LogP contribution in [-0.2, 0) is 0 Å². The lowest BCUT2D eigenvalue weighted by Crippen LogP contribution is -2.40. The molecule has 0 radical (unpaired) electrons. The van der Waals surface area contributed by atoms with Crippen LogP contribution < -0.4 is 0 Å². The van der Waals surface area contributed by atoms with Crippen LogP contribution in [0.4, 0.5) is 0 Å². The summed E-state index contributed by atoms with van der Waals surface area (Å²) in [6.45, 7) is 4.70. The van der Waals surface area contributed by atoms with E-state index in [2.05, 4.69) is 38.3 Å². The highest BCUT2D eigenvalue weighted by atomic mass is 15.4. The number of hydrogen-bond acceptors (Lipinski definition) is 1. The second-order valence-electron chi connectivity index (χ2n) is 4.46. The summed E-state index contributed by atoms with van der Waals surface area (Å²) < 4.78 is 1.10. The van der Waals surface area contributed by atoms with Crippen molar-refractivity contribution in [1.82, 2.24) is 4.90 Å². The molecule has 2 nitrogen and oxygen atoms in total. The summed E-state index contributed by atoms with van der Waals surface area (Å²) in [4.78, 5) is 2.26. The highest BCUT2D eigenvalue weighted by molar-refractivity contribution is 4.78. The molecule has 0 aromatic heterocycles. The molecule has 0 amide bonds. The third kappa shape index (κ3) is 3.39. The molecule has 0 aliphatic carbocycles. The molecule has 1 heterocycles. The Hall–Kier alpha value is -0.500. The van der Waals surface area contributed by atoms with Gasteiger partial charge in [0.25, 0.3) is 0 Å². The zero-order chi connectivity index (χ0) is 9.73. The fourth-order valence-corrected chi connectivity index (χ4v) is 1.92.